The first-order valence-corrected chi connectivity index (χ1v) is 7.66. The third kappa shape index (κ3) is 4.52. The Bertz CT molecular complexity index is 611. The van der Waals surface area contributed by atoms with E-state index < -0.39 is 0 Å². The van der Waals surface area contributed by atoms with E-state index in [9.17, 15) is 4.79 Å². The van der Waals surface area contributed by atoms with Crippen LogP contribution in [-0.4, -0.2) is 19.0 Å². The van der Waals surface area contributed by atoms with Crippen molar-refractivity contribution in [3.8, 4) is 0 Å². The molecular formula is C18H23N3O. The summed E-state index contributed by atoms with van der Waals surface area (Å²) in [5, 5.41) is 6.16. The molecule has 0 heterocycles. The zero-order chi connectivity index (χ0) is 15.8. The Morgan fingerprint density at radius 1 is 1.09 bits per heavy atom. The van der Waals surface area contributed by atoms with E-state index in [0.717, 1.165) is 25.1 Å². The van der Waals surface area contributed by atoms with Crippen LogP contribution < -0.4 is 16.4 Å². The summed E-state index contributed by atoms with van der Waals surface area (Å²) in [5.41, 5.74) is 9.36. The van der Waals surface area contributed by atoms with E-state index in [4.69, 9.17) is 5.73 Å². The van der Waals surface area contributed by atoms with Crippen LogP contribution in [0.5, 0.6) is 0 Å². The Morgan fingerprint density at radius 3 is 2.55 bits per heavy atom. The van der Waals surface area contributed by atoms with Gasteiger partial charge in [-0.2, -0.15) is 0 Å². The Morgan fingerprint density at radius 2 is 1.86 bits per heavy atom. The minimum Gasteiger partial charge on any atom is -0.397 e. The van der Waals surface area contributed by atoms with E-state index in [0.29, 0.717) is 17.8 Å². The zero-order valence-corrected chi connectivity index (χ0v) is 12.9. The molecule has 0 aliphatic heterocycles. The number of anilines is 2. The lowest BCUT2D eigenvalue weighted by molar-refractivity contribution is 0.0953. The fraction of sp³-hybridized carbons (Fsp3) is 0.278. The maximum absolute atomic E-state index is 11.9. The van der Waals surface area contributed by atoms with E-state index in [-0.39, 0.29) is 5.91 Å². The van der Waals surface area contributed by atoms with Crippen molar-refractivity contribution in [2.24, 2.45) is 0 Å². The number of hydrogen-bond donors (Lipinski definition) is 3. The molecule has 22 heavy (non-hydrogen) atoms. The molecule has 4 nitrogen and oxygen atoms in total. The van der Waals surface area contributed by atoms with Crippen LogP contribution in [0, 0.1) is 0 Å². The van der Waals surface area contributed by atoms with Crippen molar-refractivity contribution in [2.45, 2.75) is 19.8 Å². The number of rotatable bonds is 7. The molecule has 116 valence electrons. The summed E-state index contributed by atoms with van der Waals surface area (Å²) >= 11 is 0. The van der Waals surface area contributed by atoms with E-state index in [1.54, 1.807) is 12.1 Å². The van der Waals surface area contributed by atoms with Gasteiger partial charge in [-0.15, -0.1) is 0 Å². The number of carbonyl (C=O) groups is 1. The standard InChI is InChI=1S/C18H23N3O/c1-2-11-21-18(22)15-8-9-17(16(19)13-15)20-12-10-14-6-4-3-5-7-14/h3-9,13,20H,2,10-12,19H2,1H3,(H,21,22). The number of nitrogens with two attached hydrogens (primary N) is 1. The molecule has 0 bridgehead atoms. The van der Waals surface area contributed by atoms with Crippen molar-refractivity contribution in [3.05, 3.63) is 59.7 Å². The average molecular weight is 297 g/mol. The lowest BCUT2D eigenvalue weighted by Crippen LogP contribution is -2.24. The number of nitrogen functional groups attached to an aromatic ring is 1. The quantitative estimate of drug-likeness (QED) is 0.688. The van der Waals surface area contributed by atoms with Crippen molar-refractivity contribution in [2.75, 3.05) is 24.1 Å². The molecule has 2 aromatic carbocycles. The maximum Gasteiger partial charge on any atom is 0.251 e. The molecule has 0 fully saturated rings. The van der Waals surface area contributed by atoms with Crippen molar-refractivity contribution in [3.63, 3.8) is 0 Å². The Labute approximate surface area is 131 Å². The van der Waals surface area contributed by atoms with E-state index in [1.807, 2.05) is 31.2 Å². The van der Waals surface area contributed by atoms with E-state index in [1.165, 1.54) is 5.56 Å². The third-order valence-corrected chi connectivity index (χ3v) is 3.42. The van der Waals surface area contributed by atoms with Crippen LogP contribution in [0.1, 0.15) is 29.3 Å². The molecule has 0 aromatic heterocycles. The van der Waals surface area contributed by atoms with Gasteiger partial charge in [-0.3, -0.25) is 4.79 Å². The molecule has 0 saturated heterocycles. The molecule has 2 rings (SSSR count). The first-order valence-electron chi connectivity index (χ1n) is 7.66. The van der Waals surface area contributed by atoms with Crippen LogP contribution in [-0.2, 0) is 6.42 Å². The molecule has 1 amide bonds. The highest BCUT2D eigenvalue weighted by Gasteiger charge is 2.07. The summed E-state index contributed by atoms with van der Waals surface area (Å²) in [5.74, 6) is -0.0793. The Balaban J connectivity index is 1.91. The summed E-state index contributed by atoms with van der Waals surface area (Å²) in [6, 6.07) is 15.7. The van der Waals surface area contributed by atoms with Gasteiger partial charge in [0, 0.05) is 18.7 Å². The summed E-state index contributed by atoms with van der Waals surface area (Å²) in [4.78, 5) is 11.9. The van der Waals surface area contributed by atoms with Gasteiger partial charge in [0.1, 0.15) is 0 Å². The Kier molecular flexibility index (Phi) is 5.83. The summed E-state index contributed by atoms with van der Waals surface area (Å²) in [6.07, 6.45) is 1.85. The highest BCUT2D eigenvalue weighted by Crippen LogP contribution is 2.20. The molecule has 0 radical (unpaired) electrons. The molecule has 2 aromatic rings. The van der Waals surface area contributed by atoms with Crippen LogP contribution in [0.2, 0.25) is 0 Å². The van der Waals surface area contributed by atoms with Crippen LogP contribution in [0.15, 0.2) is 48.5 Å². The molecular weight excluding hydrogens is 274 g/mol. The second kappa shape index (κ2) is 8.08. The summed E-state index contributed by atoms with van der Waals surface area (Å²) < 4.78 is 0. The lowest BCUT2D eigenvalue weighted by atomic mass is 10.1. The van der Waals surface area contributed by atoms with Gasteiger partial charge in [0.05, 0.1) is 11.4 Å². The van der Waals surface area contributed by atoms with Crippen molar-refractivity contribution >= 4 is 17.3 Å². The van der Waals surface area contributed by atoms with Crippen molar-refractivity contribution in [1.82, 2.24) is 5.32 Å². The van der Waals surface area contributed by atoms with Crippen LogP contribution in [0.4, 0.5) is 11.4 Å². The number of amides is 1. The van der Waals surface area contributed by atoms with Gasteiger partial charge in [-0.05, 0) is 36.6 Å². The summed E-state index contributed by atoms with van der Waals surface area (Å²) in [6.45, 7) is 3.50. The maximum atomic E-state index is 11.9. The van der Waals surface area contributed by atoms with Gasteiger partial charge in [-0.25, -0.2) is 0 Å². The molecule has 4 N–H and O–H groups in total. The van der Waals surface area contributed by atoms with Gasteiger partial charge in [-0.1, -0.05) is 37.3 Å². The van der Waals surface area contributed by atoms with Crippen LogP contribution in [0.3, 0.4) is 0 Å². The topological polar surface area (TPSA) is 67.2 Å². The van der Waals surface area contributed by atoms with Crippen molar-refractivity contribution < 1.29 is 4.79 Å². The predicted octanol–water partition coefficient (Wildman–Crippen LogP) is 3.06. The minimum absolute atomic E-state index is 0.0793. The zero-order valence-electron chi connectivity index (χ0n) is 12.9. The van der Waals surface area contributed by atoms with Crippen LogP contribution >= 0.6 is 0 Å². The molecule has 0 aliphatic rings. The average Bonchev–Trinajstić information content (AvgIpc) is 2.55. The van der Waals surface area contributed by atoms with Gasteiger partial charge >= 0.3 is 0 Å². The molecule has 0 spiro atoms. The molecule has 0 atom stereocenters. The molecule has 0 unspecified atom stereocenters. The second-order valence-electron chi connectivity index (χ2n) is 5.22. The smallest absolute Gasteiger partial charge is 0.251 e. The van der Waals surface area contributed by atoms with Gasteiger partial charge in [0.15, 0.2) is 0 Å². The molecule has 4 heteroatoms. The molecule has 0 saturated carbocycles. The van der Waals surface area contributed by atoms with Gasteiger partial charge in [0.2, 0.25) is 0 Å². The monoisotopic (exact) mass is 297 g/mol. The summed E-state index contributed by atoms with van der Waals surface area (Å²) in [7, 11) is 0. The first kappa shape index (κ1) is 15.9. The number of nitrogens with one attached hydrogen (secondary N) is 2. The minimum atomic E-state index is -0.0793. The largest absolute Gasteiger partial charge is 0.397 e. The number of benzene rings is 2. The van der Waals surface area contributed by atoms with E-state index in [2.05, 4.69) is 22.8 Å². The highest BCUT2D eigenvalue weighted by molar-refractivity contribution is 5.96. The first-order chi connectivity index (χ1) is 10.7. The SMILES string of the molecule is CCCNC(=O)c1ccc(NCCc2ccccc2)c(N)c1. The fourth-order valence-corrected chi connectivity index (χ4v) is 2.19. The molecule has 0 aliphatic carbocycles. The number of hydrogen-bond acceptors (Lipinski definition) is 3. The van der Waals surface area contributed by atoms with E-state index >= 15 is 0 Å². The van der Waals surface area contributed by atoms with Crippen molar-refractivity contribution in [1.29, 1.82) is 0 Å². The predicted molar refractivity (Wildman–Crippen MR) is 92.1 cm³/mol. The fourth-order valence-electron chi connectivity index (χ4n) is 2.19. The number of carbonyl (C=O) groups excluding carboxylic acids is 1. The van der Waals surface area contributed by atoms with Gasteiger partial charge in [0.25, 0.3) is 5.91 Å². The lowest BCUT2D eigenvalue weighted by Gasteiger charge is -2.11. The second-order valence-corrected chi connectivity index (χ2v) is 5.22. The third-order valence-electron chi connectivity index (χ3n) is 3.42. The van der Waals surface area contributed by atoms with Crippen LogP contribution in [0.25, 0.3) is 0 Å². The Hall–Kier alpha value is -2.49. The normalized spacial score (nSPS) is 10.2. The van der Waals surface area contributed by atoms with Gasteiger partial charge < -0.3 is 16.4 Å². The highest BCUT2D eigenvalue weighted by atomic mass is 16.1.